The molecule has 0 bridgehead atoms. The number of rotatable bonds is 5. The van der Waals surface area contributed by atoms with Crippen LogP contribution in [-0.2, 0) is 17.8 Å². The van der Waals surface area contributed by atoms with E-state index in [1.54, 1.807) is 6.07 Å². The second-order valence-corrected chi connectivity index (χ2v) is 5.45. The summed E-state index contributed by atoms with van der Waals surface area (Å²) in [7, 11) is 1.43. The topological polar surface area (TPSA) is 41.9 Å². The van der Waals surface area contributed by atoms with Crippen LogP contribution in [0.25, 0.3) is 0 Å². The molecular weight excluding hydrogens is 310 g/mol. The van der Waals surface area contributed by atoms with Crippen molar-refractivity contribution >= 4 is 23.1 Å². The lowest BCUT2D eigenvalue weighted by Crippen LogP contribution is -2.28. The molecule has 0 saturated heterocycles. The Morgan fingerprint density at radius 3 is 2.57 bits per heavy atom. The summed E-state index contributed by atoms with van der Waals surface area (Å²) in [5, 5.41) is 11.1. The lowest BCUT2D eigenvalue weighted by Gasteiger charge is -2.22. The van der Waals surface area contributed by atoms with Gasteiger partial charge in [0.25, 0.3) is 5.17 Å². The number of nitrogens with zero attached hydrogens (tertiary/aromatic N) is 1. The zero-order chi connectivity index (χ0) is 16.8. The molecule has 0 heterocycles. The Bertz CT molecular complexity index is 688. The van der Waals surface area contributed by atoms with Crippen LogP contribution in [0.1, 0.15) is 23.6 Å². The van der Waals surface area contributed by atoms with Crippen molar-refractivity contribution in [3.63, 3.8) is 0 Å². The van der Waals surface area contributed by atoms with E-state index in [9.17, 15) is 5.21 Å². The summed E-state index contributed by atoms with van der Waals surface area (Å²) >= 11 is 5.01. The molecule has 0 fully saturated rings. The first kappa shape index (κ1) is 17.2. The number of hydroxylamine groups is 1. The predicted octanol–water partition coefficient (Wildman–Crippen LogP) is 4.26. The molecule has 2 aromatic carbocycles. The van der Waals surface area contributed by atoms with Crippen molar-refractivity contribution in [1.82, 2.24) is 0 Å². The zero-order valence-electron chi connectivity index (χ0n) is 13.6. The molecule has 1 N–H and O–H groups in total. The van der Waals surface area contributed by atoms with E-state index in [0.29, 0.717) is 12.3 Å². The molecule has 4 nitrogen and oxygen atoms in total. The van der Waals surface area contributed by atoms with Gasteiger partial charge in [0.15, 0.2) is 0 Å². The Morgan fingerprint density at radius 1 is 1.17 bits per heavy atom. The molecule has 0 unspecified atom stereocenters. The predicted molar refractivity (Wildman–Crippen MR) is 95.2 cm³/mol. The molecule has 0 spiro atoms. The van der Waals surface area contributed by atoms with Gasteiger partial charge < -0.3 is 9.47 Å². The van der Waals surface area contributed by atoms with Crippen molar-refractivity contribution in [3.8, 4) is 5.75 Å². The minimum Gasteiger partial charge on any atom is -0.489 e. The molecular formula is C18H21NO3S. The fourth-order valence-corrected chi connectivity index (χ4v) is 2.47. The summed E-state index contributed by atoms with van der Waals surface area (Å²) in [4.78, 5) is 0. The van der Waals surface area contributed by atoms with Gasteiger partial charge in [-0.2, -0.15) is 5.06 Å². The Kier molecular flexibility index (Phi) is 5.96. The molecule has 0 saturated carbocycles. The minimum absolute atomic E-state index is 0.00426. The maximum atomic E-state index is 10.3. The minimum atomic E-state index is -0.00426. The fraction of sp³-hybridized carbons (Fsp3) is 0.278. The number of hydrogen-bond donors (Lipinski definition) is 1. The number of ether oxygens (including phenoxy) is 2. The van der Waals surface area contributed by atoms with Gasteiger partial charge in [0, 0.05) is 5.56 Å². The van der Waals surface area contributed by atoms with Crippen LogP contribution in [0.15, 0.2) is 42.5 Å². The number of hydrogen-bond acceptors (Lipinski definition) is 4. The van der Waals surface area contributed by atoms with E-state index in [1.807, 2.05) is 43.3 Å². The van der Waals surface area contributed by atoms with Crippen molar-refractivity contribution in [2.24, 2.45) is 0 Å². The van der Waals surface area contributed by atoms with E-state index in [-0.39, 0.29) is 5.17 Å². The van der Waals surface area contributed by atoms with Crippen LogP contribution < -0.4 is 9.80 Å². The number of thiocarbonyl (C=S) groups is 1. The average molecular weight is 331 g/mol. The van der Waals surface area contributed by atoms with Gasteiger partial charge in [0.05, 0.1) is 12.8 Å². The van der Waals surface area contributed by atoms with E-state index < -0.39 is 0 Å². The van der Waals surface area contributed by atoms with Gasteiger partial charge in [0.1, 0.15) is 12.4 Å². The van der Waals surface area contributed by atoms with Crippen LogP contribution in [0, 0.1) is 6.92 Å². The zero-order valence-corrected chi connectivity index (χ0v) is 14.4. The third-order valence-corrected chi connectivity index (χ3v) is 4.01. The maximum absolute atomic E-state index is 10.3. The highest BCUT2D eigenvalue weighted by molar-refractivity contribution is 7.80. The molecule has 2 rings (SSSR count). The van der Waals surface area contributed by atoms with Crippen molar-refractivity contribution in [2.75, 3.05) is 12.2 Å². The normalized spacial score (nSPS) is 10.3. The molecule has 122 valence electrons. The van der Waals surface area contributed by atoms with E-state index >= 15 is 0 Å². The van der Waals surface area contributed by atoms with Gasteiger partial charge >= 0.3 is 0 Å². The molecule has 2 aromatic rings. The summed E-state index contributed by atoms with van der Waals surface area (Å²) in [5.74, 6) is 0.822. The molecule has 0 radical (unpaired) electrons. The summed E-state index contributed by atoms with van der Waals surface area (Å²) < 4.78 is 10.9. The van der Waals surface area contributed by atoms with E-state index in [1.165, 1.54) is 7.11 Å². The first-order valence-electron chi connectivity index (χ1n) is 7.44. The molecule has 23 heavy (non-hydrogen) atoms. The summed E-state index contributed by atoms with van der Waals surface area (Å²) in [6.45, 7) is 4.40. The highest BCUT2D eigenvalue weighted by atomic mass is 32.1. The van der Waals surface area contributed by atoms with E-state index in [4.69, 9.17) is 21.7 Å². The number of methoxy groups -OCH3 is 1. The Labute approximate surface area is 142 Å². The van der Waals surface area contributed by atoms with Crippen LogP contribution in [0.2, 0.25) is 0 Å². The van der Waals surface area contributed by atoms with Gasteiger partial charge in [-0.3, -0.25) is 5.21 Å². The smallest absolute Gasteiger partial charge is 0.288 e. The first-order valence-corrected chi connectivity index (χ1v) is 7.85. The Balaban J connectivity index is 2.32. The Morgan fingerprint density at radius 2 is 1.91 bits per heavy atom. The third kappa shape index (κ3) is 4.00. The SMILES string of the molecule is CCc1cccc(N(O)C(=S)OC)c1COc1ccccc1C. The molecule has 0 atom stereocenters. The van der Waals surface area contributed by atoms with Gasteiger partial charge in [-0.25, -0.2) is 0 Å². The summed E-state index contributed by atoms with van der Waals surface area (Å²) in [6, 6.07) is 13.5. The highest BCUT2D eigenvalue weighted by Gasteiger charge is 2.17. The number of anilines is 1. The van der Waals surface area contributed by atoms with E-state index in [2.05, 4.69) is 6.92 Å². The average Bonchev–Trinajstić information content (AvgIpc) is 2.59. The molecule has 5 heteroatoms. The van der Waals surface area contributed by atoms with Crippen molar-refractivity contribution in [2.45, 2.75) is 26.9 Å². The second kappa shape index (κ2) is 7.94. The van der Waals surface area contributed by atoms with Crippen molar-refractivity contribution in [1.29, 1.82) is 0 Å². The standard InChI is InChI=1S/C18H21NO3S/c1-4-14-9-7-10-16(19(20)18(23)21-3)15(14)12-22-17-11-6-5-8-13(17)2/h5-11,20H,4,12H2,1-3H3. The third-order valence-electron chi connectivity index (χ3n) is 3.67. The van der Waals surface area contributed by atoms with Crippen LogP contribution in [0.3, 0.4) is 0 Å². The lowest BCUT2D eigenvalue weighted by molar-refractivity contribution is 0.264. The van der Waals surface area contributed by atoms with Crippen molar-refractivity contribution < 1.29 is 14.7 Å². The van der Waals surface area contributed by atoms with Crippen LogP contribution in [-0.4, -0.2) is 17.5 Å². The maximum Gasteiger partial charge on any atom is 0.288 e. The van der Waals surface area contributed by atoms with Gasteiger partial charge in [0.2, 0.25) is 0 Å². The summed E-state index contributed by atoms with van der Waals surface area (Å²) in [6.07, 6.45) is 0.827. The van der Waals surface area contributed by atoms with Gasteiger partial charge in [-0.15, -0.1) is 0 Å². The van der Waals surface area contributed by atoms with Crippen LogP contribution in [0.5, 0.6) is 5.75 Å². The fourth-order valence-electron chi connectivity index (χ4n) is 2.37. The quantitative estimate of drug-likeness (QED) is 0.655. The lowest BCUT2D eigenvalue weighted by atomic mass is 10.0. The van der Waals surface area contributed by atoms with Gasteiger partial charge in [-0.1, -0.05) is 37.3 Å². The number of aryl methyl sites for hydroxylation is 2. The molecule has 0 aliphatic heterocycles. The molecule has 0 amide bonds. The Hall–Kier alpha value is -2.11. The molecule has 0 aromatic heterocycles. The second-order valence-electron chi connectivity index (χ2n) is 5.10. The highest BCUT2D eigenvalue weighted by Crippen LogP contribution is 2.27. The van der Waals surface area contributed by atoms with E-state index in [0.717, 1.165) is 33.9 Å². The van der Waals surface area contributed by atoms with Gasteiger partial charge in [-0.05, 0) is 48.8 Å². The van der Waals surface area contributed by atoms with Crippen molar-refractivity contribution in [3.05, 3.63) is 59.2 Å². The monoisotopic (exact) mass is 331 g/mol. The van der Waals surface area contributed by atoms with Crippen LogP contribution in [0.4, 0.5) is 5.69 Å². The first-order chi connectivity index (χ1) is 11.1. The largest absolute Gasteiger partial charge is 0.489 e. The molecule has 0 aliphatic carbocycles. The molecule has 0 aliphatic rings. The summed E-state index contributed by atoms with van der Waals surface area (Å²) in [5.41, 5.74) is 3.62. The van der Waals surface area contributed by atoms with Crippen LogP contribution >= 0.6 is 12.2 Å². The number of para-hydroxylation sites is 1. The number of benzene rings is 2.